The number of rotatable bonds is 6. The number of thiazole rings is 1. The van der Waals surface area contributed by atoms with Crippen LogP contribution in [0.5, 0.6) is 0 Å². The topological polar surface area (TPSA) is 63.2 Å². The zero-order valence-electron chi connectivity index (χ0n) is 12.9. The fourth-order valence-electron chi connectivity index (χ4n) is 1.82. The number of carbonyl (C=O) groups is 1. The predicted molar refractivity (Wildman–Crippen MR) is 77.7 cm³/mol. The lowest BCUT2D eigenvalue weighted by Gasteiger charge is -2.27. The summed E-state index contributed by atoms with van der Waals surface area (Å²) >= 11 is 0.857. The van der Waals surface area contributed by atoms with E-state index in [0.29, 0.717) is 6.42 Å². The Morgan fingerprint density at radius 2 is 2.09 bits per heavy atom. The monoisotopic (exact) mass is 339 g/mol. The molecule has 0 unspecified atom stereocenters. The van der Waals surface area contributed by atoms with Crippen LogP contribution in [0.3, 0.4) is 0 Å². The van der Waals surface area contributed by atoms with Crippen LogP contribution in [0.25, 0.3) is 0 Å². The van der Waals surface area contributed by atoms with Gasteiger partial charge in [0.05, 0.1) is 12.1 Å². The molecule has 1 rings (SSSR count). The van der Waals surface area contributed by atoms with E-state index in [1.807, 2.05) is 20.8 Å². The maximum Gasteiger partial charge on any atom is 0.434 e. The van der Waals surface area contributed by atoms with Crippen LogP contribution < -0.4 is 10.6 Å². The van der Waals surface area contributed by atoms with E-state index in [2.05, 4.69) is 15.6 Å². The zero-order chi connectivity index (χ0) is 17.0. The van der Waals surface area contributed by atoms with Crippen LogP contribution in [0.15, 0.2) is 5.38 Å². The number of methoxy groups -OCH3 is 1. The first-order chi connectivity index (χ1) is 10.0. The van der Waals surface area contributed by atoms with Gasteiger partial charge in [0, 0.05) is 18.5 Å². The number of ether oxygens (including phenoxy) is 1. The third kappa shape index (κ3) is 6.18. The second-order valence-corrected chi connectivity index (χ2v) is 6.46. The summed E-state index contributed by atoms with van der Waals surface area (Å²) in [5, 5.41) is 6.32. The molecule has 9 heteroatoms. The summed E-state index contributed by atoms with van der Waals surface area (Å²) in [6, 6.07) is -0.597. The number of nitrogens with zero attached hydrogens (tertiary/aromatic N) is 1. The molecule has 0 aromatic carbocycles. The highest BCUT2D eigenvalue weighted by Crippen LogP contribution is 2.29. The Labute approximate surface area is 131 Å². The summed E-state index contributed by atoms with van der Waals surface area (Å²) in [6.07, 6.45) is -3.86. The minimum absolute atomic E-state index is 0.0486. The Morgan fingerprint density at radius 1 is 1.45 bits per heavy atom. The molecule has 1 aromatic rings. The van der Waals surface area contributed by atoms with Gasteiger partial charge in [-0.15, -0.1) is 11.3 Å². The fourth-order valence-corrected chi connectivity index (χ4v) is 2.57. The molecule has 0 fully saturated rings. The van der Waals surface area contributed by atoms with E-state index in [9.17, 15) is 18.0 Å². The van der Waals surface area contributed by atoms with Crippen LogP contribution in [-0.4, -0.2) is 29.8 Å². The minimum atomic E-state index is -4.46. The number of halogens is 3. The van der Waals surface area contributed by atoms with Crippen LogP contribution in [-0.2, 0) is 17.5 Å². The van der Waals surface area contributed by atoms with Gasteiger partial charge in [-0.2, -0.15) is 13.2 Å². The second kappa shape index (κ2) is 7.28. The van der Waals surface area contributed by atoms with Gasteiger partial charge in [0.2, 0.25) is 0 Å². The molecule has 0 spiro atoms. The molecule has 0 bridgehead atoms. The SMILES string of the molecule is COC(C)(C)C[C@H](C)NC(=O)NCc1nc(C(F)(F)F)cs1. The molecule has 0 saturated heterocycles. The van der Waals surface area contributed by atoms with Crippen LogP contribution in [0.1, 0.15) is 37.9 Å². The third-order valence-electron chi connectivity index (χ3n) is 2.97. The van der Waals surface area contributed by atoms with E-state index < -0.39 is 17.9 Å². The zero-order valence-corrected chi connectivity index (χ0v) is 13.7. The van der Waals surface area contributed by atoms with Crippen LogP contribution >= 0.6 is 11.3 Å². The van der Waals surface area contributed by atoms with Crippen molar-refractivity contribution in [2.45, 2.75) is 51.6 Å². The van der Waals surface area contributed by atoms with Crippen LogP contribution in [0.2, 0.25) is 0 Å². The summed E-state index contributed by atoms with van der Waals surface area (Å²) in [4.78, 5) is 15.1. The molecule has 0 radical (unpaired) electrons. The molecular weight excluding hydrogens is 319 g/mol. The van der Waals surface area contributed by atoms with Crippen molar-refractivity contribution >= 4 is 17.4 Å². The Bertz CT molecular complexity index is 503. The average molecular weight is 339 g/mol. The highest BCUT2D eigenvalue weighted by Gasteiger charge is 2.33. The molecule has 2 N–H and O–H groups in total. The van der Waals surface area contributed by atoms with Crippen molar-refractivity contribution in [2.24, 2.45) is 0 Å². The molecule has 0 aliphatic heterocycles. The van der Waals surface area contributed by atoms with Gasteiger partial charge >= 0.3 is 12.2 Å². The number of nitrogens with one attached hydrogen (secondary N) is 2. The molecule has 0 saturated carbocycles. The molecule has 0 aliphatic carbocycles. The van der Waals surface area contributed by atoms with Crippen molar-refractivity contribution in [1.82, 2.24) is 15.6 Å². The highest BCUT2D eigenvalue weighted by atomic mass is 32.1. The number of carbonyl (C=O) groups excluding carboxylic acids is 1. The van der Waals surface area contributed by atoms with Gasteiger partial charge in [0.25, 0.3) is 0 Å². The first-order valence-electron chi connectivity index (χ1n) is 6.64. The number of amides is 2. The Balaban J connectivity index is 2.42. The lowest BCUT2D eigenvalue weighted by Crippen LogP contribution is -2.43. The lowest BCUT2D eigenvalue weighted by molar-refractivity contribution is -0.140. The smallest absolute Gasteiger partial charge is 0.379 e. The lowest BCUT2D eigenvalue weighted by atomic mass is 10.00. The molecule has 0 aliphatic rings. The van der Waals surface area contributed by atoms with Gasteiger partial charge in [0.15, 0.2) is 5.69 Å². The first-order valence-corrected chi connectivity index (χ1v) is 7.52. The Hall–Kier alpha value is -1.35. The number of hydrogen-bond donors (Lipinski definition) is 2. The summed E-state index contributed by atoms with van der Waals surface area (Å²) in [6.45, 7) is 5.58. The number of alkyl halides is 3. The summed E-state index contributed by atoms with van der Waals surface area (Å²) in [5.41, 5.74) is -1.31. The van der Waals surface area contributed by atoms with Gasteiger partial charge in [-0.3, -0.25) is 0 Å². The summed E-state index contributed by atoms with van der Waals surface area (Å²) < 4.78 is 42.5. The fraction of sp³-hybridized carbons (Fsp3) is 0.692. The van der Waals surface area contributed by atoms with Gasteiger partial charge in [0.1, 0.15) is 5.01 Å². The van der Waals surface area contributed by atoms with Crippen LogP contribution in [0.4, 0.5) is 18.0 Å². The van der Waals surface area contributed by atoms with Crippen molar-refractivity contribution in [3.05, 3.63) is 16.1 Å². The first kappa shape index (κ1) is 18.7. The Morgan fingerprint density at radius 3 is 2.59 bits per heavy atom. The maximum absolute atomic E-state index is 12.4. The number of hydrogen-bond acceptors (Lipinski definition) is 4. The van der Waals surface area contributed by atoms with Crippen molar-refractivity contribution in [2.75, 3.05) is 7.11 Å². The molecule has 1 aromatic heterocycles. The van der Waals surface area contributed by atoms with E-state index in [0.717, 1.165) is 16.7 Å². The van der Waals surface area contributed by atoms with E-state index in [1.54, 1.807) is 7.11 Å². The average Bonchev–Trinajstić information content (AvgIpc) is 2.84. The minimum Gasteiger partial charge on any atom is -0.379 e. The molecule has 5 nitrogen and oxygen atoms in total. The molecule has 1 heterocycles. The van der Waals surface area contributed by atoms with Gasteiger partial charge < -0.3 is 15.4 Å². The number of urea groups is 1. The standard InChI is InChI=1S/C13H20F3N3O2S/c1-8(5-12(2,3)21-4)18-11(20)17-6-10-19-9(7-22-10)13(14,15)16/h7-8H,5-6H2,1-4H3,(H2,17,18,20)/t8-/m0/s1. The van der Waals surface area contributed by atoms with E-state index >= 15 is 0 Å². The highest BCUT2D eigenvalue weighted by molar-refractivity contribution is 7.09. The predicted octanol–water partition coefficient (Wildman–Crippen LogP) is 3.16. The van der Waals surface area contributed by atoms with Crippen molar-refractivity contribution in [1.29, 1.82) is 0 Å². The van der Waals surface area contributed by atoms with Gasteiger partial charge in [-0.1, -0.05) is 0 Å². The normalized spacial score (nSPS) is 13.8. The van der Waals surface area contributed by atoms with Crippen LogP contribution in [0, 0.1) is 0 Å². The summed E-state index contributed by atoms with van der Waals surface area (Å²) in [7, 11) is 1.59. The maximum atomic E-state index is 12.4. The molecule has 2 amide bonds. The van der Waals surface area contributed by atoms with Gasteiger partial charge in [-0.25, -0.2) is 9.78 Å². The molecule has 22 heavy (non-hydrogen) atoms. The van der Waals surface area contributed by atoms with Crippen molar-refractivity contribution < 1.29 is 22.7 Å². The van der Waals surface area contributed by atoms with Crippen molar-refractivity contribution in [3.8, 4) is 0 Å². The Kier molecular flexibility index (Phi) is 6.18. The second-order valence-electron chi connectivity index (χ2n) is 5.52. The quantitative estimate of drug-likeness (QED) is 0.837. The molecule has 1 atom stereocenters. The molecule has 126 valence electrons. The summed E-state index contributed by atoms with van der Waals surface area (Å²) in [5.74, 6) is 0. The van der Waals surface area contributed by atoms with E-state index in [4.69, 9.17) is 4.74 Å². The largest absolute Gasteiger partial charge is 0.434 e. The van der Waals surface area contributed by atoms with Gasteiger partial charge in [-0.05, 0) is 27.2 Å². The van der Waals surface area contributed by atoms with Crippen molar-refractivity contribution in [3.63, 3.8) is 0 Å². The van der Waals surface area contributed by atoms with E-state index in [1.165, 1.54) is 0 Å². The van der Waals surface area contributed by atoms with E-state index in [-0.39, 0.29) is 23.2 Å². The molecular formula is C13H20F3N3O2S. The number of aromatic nitrogens is 1. The third-order valence-corrected chi connectivity index (χ3v) is 3.82.